The van der Waals surface area contributed by atoms with E-state index < -0.39 is 5.54 Å². The molecule has 0 aliphatic carbocycles. The maximum atomic E-state index is 9.70. The molecule has 2 aromatic rings. The van der Waals surface area contributed by atoms with Gasteiger partial charge in [0.2, 0.25) is 0 Å². The molecule has 0 saturated heterocycles. The molecule has 100 valence electrons. The van der Waals surface area contributed by atoms with E-state index >= 15 is 0 Å². The molecular formula is C16H18INO. The normalized spacial score (nSPS) is 14.1. The summed E-state index contributed by atoms with van der Waals surface area (Å²) in [4.78, 5) is 0. The minimum absolute atomic E-state index is 0.0708. The highest BCUT2D eigenvalue weighted by Gasteiger charge is 2.24. The van der Waals surface area contributed by atoms with Crippen LogP contribution in [0.2, 0.25) is 0 Å². The summed E-state index contributed by atoms with van der Waals surface area (Å²) in [5, 5.41) is 13.1. The number of halogens is 1. The molecule has 0 heterocycles. The van der Waals surface area contributed by atoms with Gasteiger partial charge in [-0.05, 0) is 52.8 Å². The summed E-state index contributed by atoms with van der Waals surface area (Å²) >= 11 is 2.30. The number of aliphatic hydroxyl groups is 1. The second-order valence-electron chi connectivity index (χ2n) is 4.84. The van der Waals surface area contributed by atoms with Crippen molar-refractivity contribution in [2.75, 3.05) is 6.61 Å². The molecular weight excluding hydrogens is 349 g/mol. The fourth-order valence-corrected chi connectivity index (χ4v) is 2.31. The smallest absolute Gasteiger partial charge is 0.0652 e. The Labute approximate surface area is 128 Å². The van der Waals surface area contributed by atoms with Crippen LogP contribution in [-0.2, 0) is 12.1 Å². The quantitative estimate of drug-likeness (QED) is 0.795. The average molecular weight is 367 g/mol. The van der Waals surface area contributed by atoms with Crippen LogP contribution in [0.3, 0.4) is 0 Å². The third-order valence-corrected chi connectivity index (χ3v) is 4.04. The Hall–Kier alpha value is -0.910. The molecule has 2 N–H and O–H groups in total. The summed E-state index contributed by atoms with van der Waals surface area (Å²) in [5.74, 6) is 0. The topological polar surface area (TPSA) is 32.3 Å². The fourth-order valence-electron chi connectivity index (χ4n) is 1.95. The van der Waals surface area contributed by atoms with Crippen LogP contribution < -0.4 is 5.32 Å². The Kier molecular flexibility index (Phi) is 4.96. The van der Waals surface area contributed by atoms with Crippen molar-refractivity contribution in [3.05, 3.63) is 69.3 Å². The largest absolute Gasteiger partial charge is 0.394 e. The zero-order valence-corrected chi connectivity index (χ0v) is 13.1. The van der Waals surface area contributed by atoms with Gasteiger partial charge in [0.15, 0.2) is 0 Å². The number of aliphatic hydroxyl groups excluding tert-OH is 1. The van der Waals surface area contributed by atoms with Gasteiger partial charge < -0.3 is 10.4 Å². The number of benzene rings is 2. The highest BCUT2D eigenvalue weighted by Crippen LogP contribution is 2.20. The molecule has 0 aliphatic rings. The molecule has 0 spiro atoms. The van der Waals surface area contributed by atoms with Crippen molar-refractivity contribution in [3.63, 3.8) is 0 Å². The number of hydrogen-bond acceptors (Lipinski definition) is 2. The molecule has 19 heavy (non-hydrogen) atoms. The lowest BCUT2D eigenvalue weighted by atomic mass is 9.92. The highest BCUT2D eigenvalue weighted by atomic mass is 127. The maximum Gasteiger partial charge on any atom is 0.0652 e. The van der Waals surface area contributed by atoms with Gasteiger partial charge in [-0.2, -0.15) is 0 Å². The Morgan fingerprint density at radius 1 is 1.05 bits per heavy atom. The number of nitrogens with one attached hydrogen (secondary N) is 1. The average Bonchev–Trinajstić information content (AvgIpc) is 2.47. The lowest BCUT2D eigenvalue weighted by molar-refractivity contribution is 0.173. The molecule has 0 aliphatic heterocycles. The first-order valence-electron chi connectivity index (χ1n) is 6.30. The second kappa shape index (κ2) is 6.50. The van der Waals surface area contributed by atoms with Crippen LogP contribution in [0.5, 0.6) is 0 Å². The van der Waals surface area contributed by atoms with E-state index in [1.165, 1.54) is 9.13 Å². The van der Waals surface area contributed by atoms with Crippen LogP contribution in [0.4, 0.5) is 0 Å². The van der Waals surface area contributed by atoms with Crippen molar-refractivity contribution in [1.82, 2.24) is 5.32 Å². The molecule has 2 nitrogen and oxygen atoms in total. The third kappa shape index (κ3) is 3.78. The maximum absolute atomic E-state index is 9.70. The standard InChI is InChI=1S/C16H18INO/c1-16(12-19,14-5-3-2-4-6-14)18-11-13-7-9-15(17)10-8-13/h2-10,18-19H,11-12H2,1H3. The summed E-state index contributed by atoms with van der Waals surface area (Å²) in [7, 11) is 0. The predicted molar refractivity (Wildman–Crippen MR) is 86.9 cm³/mol. The van der Waals surface area contributed by atoms with Gasteiger partial charge in [0.05, 0.1) is 12.1 Å². The van der Waals surface area contributed by atoms with Gasteiger partial charge in [-0.1, -0.05) is 42.5 Å². The van der Waals surface area contributed by atoms with Crippen LogP contribution in [0, 0.1) is 3.57 Å². The lowest BCUT2D eigenvalue weighted by Crippen LogP contribution is -2.42. The summed E-state index contributed by atoms with van der Waals surface area (Å²) in [6.45, 7) is 2.83. The molecule has 0 fully saturated rings. The Morgan fingerprint density at radius 2 is 1.68 bits per heavy atom. The minimum Gasteiger partial charge on any atom is -0.394 e. The zero-order chi connectivity index (χ0) is 13.7. The van der Waals surface area contributed by atoms with Crippen molar-refractivity contribution < 1.29 is 5.11 Å². The number of hydrogen-bond donors (Lipinski definition) is 2. The molecule has 3 heteroatoms. The van der Waals surface area contributed by atoms with Crippen LogP contribution in [0.25, 0.3) is 0 Å². The van der Waals surface area contributed by atoms with Crippen LogP contribution in [-0.4, -0.2) is 11.7 Å². The van der Waals surface area contributed by atoms with Gasteiger partial charge in [0.1, 0.15) is 0 Å². The van der Waals surface area contributed by atoms with E-state index in [0.29, 0.717) is 0 Å². The van der Waals surface area contributed by atoms with Gasteiger partial charge in [0.25, 0.3) is 0 Å². The Balaban J connectivity index is 2.09. The molecule has 0 saturated carbocycles. The Bertz CT molecular complexity index is 512. The van der Waals surface area contributed by atoms with E-state index in [0.717, 1.165) is 12.1 Å². The van der Waals surface area contributed by atoms with E-state index in [-0.39, 0.29) is 6.61 Å². The van der Waals surface area contributed by atoms with E-state index in [4.69, 9.17) is 0 Å². The van der Waals surface area contributed by atoms with E-state index in [2.05, 4.69) is 52.2 Å². The molecule has 2 rings (SSSR count). The molecule has 0 aromatic heterocycles. The van der Waals surface area contributed by atoms with Crippen LogP contribution >= 0.6 is 22.6 Å². The van der Waals surface area contributed by atoms with Crippen molar-refractivity contribution >= 4 is 22.6 Å². The first kappa shape index (κ1) is 14.5. The van der Waals surface area contributed by atoms with Gasteiger partial charge in [-0.3, -0.25) is 0 Å². The first-order valence-corrected chi connectivity index (χ1v) is 7.38. The lowest BCUT2D eigenvalue weighted by Gasteiger charge is -2.29. The molecule has 0 amide bonds. The van der Waals surface area contributed by atoms with Gasteiger partial charge >= 0.3 is 0 Å². The van der Waals surface area contributed by atoms with Crippen molar-refractivity contribution in [2.45, 2.75) is 19.0 Å². The molecule has 0 bridgehead atoms. The summed E-state index contributed by atoms with van der Waals surface area (Å²) < 4.78 is 1.23. The summed E-state index contributed by atoms with van der Waals surface area (Å²) in [5.41, 5.74) is 1.91. The molecule has 2 aromatic carbocycles. The second-order valence-corrected chi connectivity index (χ2v) is 6.08. The Morgan fingerprint density at radius 3 is 2.26 bits per heavy atom. The van der Waals surface area contributed by atoms with Crippen LogP contribution in [0.15, 0.2) is 54.6 Å². The first-order chi connectivity index (χ1) is 9.14. The van der Waals surface area contributed by atoms with Crippen molar-refractivity contribution in [2.24, 2.45) is 0 Å². The molecule has 1 atom stereocenters. The summed E-state index contributed by atoms with van der Waals surface area (Å²) in [6, 6.07) is 18.5. The van der Waals surface area contributed by atoms with Gasteiger partial charge in [0, 0.05) is 10.1 Å². The van der Waals surface area contributed by atoms with E-state index in [1.807, 2.05) is 37.3 Å². The van der Waals surface area contributed by atoms with Gasteiger partial charge in [-0.15, -0.1) is 0 Å². The third-order valence-electron chi connectivity index (χ3n) is 3.32. The van der Waals surface area contributed by atoms with Gasteiger partial charge in [-0.25, -0.2) is 0 Å². The molecule has 0 radical (unpaired) electrons. The molecule has 1 unspecified atom stereocenters. The van der Waals surface area contributed by atoms with Crippen LogP contribution in [0.1, 0.15) is 18.1 Å². The predicted octanol–water partition coefficient (Wildman–Crippen LogP) is 3.29. The monoisotopic (exact) mass is 367 g/mol. The summed E-state index contributed by atoms with van der Waals surface area (Å²) in [6.07, 6.45) is 0. The zero-order valence-electron chi connectivity index (χ0n) is 10.9. The highest BCUT2D eigenvalue weighted by molar-refractivity contribution is 14.1. The van der Waals surface area contributed by atoms with Crippen molar-refractivity contribution in [3.8, 4) is 0 Å². The SMILES string of the molecule is CC(CO)(NCc1ccc(I)cc1)c1ccccc1. The van der Waals surface area contributed by atoms with Crippen molar-refractivity contribution in [1.29, 1.82) is 0 Å². The number of rotatable bonds is 5. The van der Waals surface area contributed by atoms with E-state index in [9.17, 15) is 5.11 Å². The van der Waals surface area contributed by atoms with E-state index in [1.54, 1.807) is 0 Å². The fraction of sp³-hybridized carbons (Fsp3) is 0.250. The minimum atomic E-state index is -0.412.